The van der Waals surface area contributed by atoms with E-state index < -0.39 is 5.97 Å². The van der Waals surface area contributed by atoms with Crippen molar-refractivity contribution in [2.45, 2.75) is 0 Å². The van der Waals surface area contributed by atoms with Crippen LogP contribution in [0.2, 0.25) is 5.02 Å². The molecule has 0 bridgehead atoms. The van der Waals surface area contributed by atoms with Crippen molar-refractivity contribution in [2.24, 2.45) is 0 Å². The molecule has 0 aliphatic carbocycles. The molecule has 0 spiro atoms. The Bertz CT molecular complexity index is 356. The highest BCUT2D eigenvalue weighted by Gasteiger charge is 2.10. The van der Waals surface area contributed by atoms with E-state index in [-0.39, 0.29) is 6.54 Å². The molecule has 0 radical (unpaired) electrons. The first-order valence-corrected chi connectivity index (χ1v) is 4.22. The fraction of sp³-hybridized carbons (Fsp3) is 0.250. The number of hydrogen-bond acceptors (Lipinski definition) is 4. The lowest BCUT2D eigenvalue weighted by Gasteiger charge is -2.17. The molecule has 0 saturated carbocycles. The van der Waals surface area contributed by atoms with Gasteiger partial charge in [-0.25, -0.2) is 4.98 Å². The Morgan fingerprint density at radius 1 is 1.79 bits per heavy atom. The zero-order valence-corrected chi connectivity index (χ0v) is 8.32. The lowest BCUT2D eigenvalue weighted by Crippen LogP contribution is -2.26. The molecule has 1 aromatic rings. The number of likely N-dealkylation sites (N-methyl/N-ethyl adjacent to an activating group) is 1. The van der Waals surface area contributed by atoms with Gasteiger partial charge in [-0.05, 0) is 6.07 Å². The minimum atomic E-state index is -0.941. The van der Waals surface area contributed by atoms with E-state index in [9.17, 15) is 4.79 Å². The average molecular weight is 216 g/mol. The molecular formula is C8H10ClN3O2. The fourth-order valence-electron chi connectivity index (χ4n) is 1.04. The summed E-state index contributed by atoms with van der Waals surface area (Å²) in [6.07, 6.45) is 1.42. The molecule has 0 unspecified atom stereocenters. The van der Waals surface area contributed by atoms with Gasteiger partial charge in [-0.1, -0.05) is 11.6 Å². The van der Waals surface area contributed by atoms with Gasteiger partial charge in [0.15, 0.2) is 5.82 Å². The second kappa shape index (κ2) is 4.15. The molecule has 0 aliphatic rings. The summed E-state index contributed by atoms with van der Waals surface area (Å²) >= 11 is 5.65. The number of nitrogens with zero attached hydrogens (tertiary/aromatic N) is 2. The van der Waals surface area contributed by atoms with Crippen molar-refractivity contribution >= 4 is 29.1 Å². The summed E-state index contributed by atoms with van der Waals surface area (Å²) in [5, 5.41) is 8.98. The van der Waals surface area contributed by atoms with E-state index in [0.717, 1.165) is 0 Å². The third kappa shape index (κ3) is 2.50. The van der Waals surface area contributed by atoms with Crippen molar-refractivity contribution in [1.29, 1.82) is 0 Å². The first kappa shape index (κ1) is 10.6. The van der Waals surface area contributed by atoms with E-state index in [0.29, 0.717) is 16.5 Å². The molecule has 0 aliphatic heterocycles. The summed E-state index contributed by atoms with van der Waals surface area (Å²) in [7, 11) is 1.60. The number of aliphatic carboxylic acids is 1. The highest BCUT2D eigenvalue weighted by atomic mass is 35.5. The van der Waals surface area contributed by atoms with Crippen LogP contribution in [0.3, 0.4) is 0 Å². The zero-order chi connectivity index (χ0) is 10.7. The lowest BCUT2D eigenvalue weighted by molar-refractivity contribution is -0.135. The van der Waals surface area contributed by atoms with Crippen LogP contribution in [0.5, 0.6) is 0 Å². The number of nitrogen functional groups attached to an aromatic ring is 1. The van der Waals surface area contributed by atoms with E-state index in [2.05, 4.69) is 4.98 Å². The van der Waals surface area contributed by atoms with Crippen LogP contribution in [0.1, 0.15) is 0 Å². The number of anilines is 2. The summed E-state index contributed by atoms with van der Waals surface area (Å²) in [4.78, 5) is 15.8. The van der Waals surface area contributed by atoms with Crippen LogP contribution >= 0.6 is 11.6 Å². The van der Waals surface area contributed by atoms with Gasteiger partial charge in [0.2, 0.25) is 0 Å². The molecule has 6 heteroatoms. The first-order valence-electron chi connectivity index (χ1n) is 3.84. The summed E-state index contributed by atoms with van der Waals surface area (Å²) in [6.45, 7) is -0.154. The molecule has 14 heavy (non-hydrogen) atoms. The normalized spacial score (nSPS) is 9.86. The van der Waals surface area contributed by atoms with Crippen LogP contribution in [0, 0.1) is 0 Å². The SMILES string of the molecule is CN(CC(=O)O)c1ncc(Cl)cc1N. The number of pyridine rings is 1. The maximum absolute atomic E-state index is 10.4. The van der Waals surface area contributed by atoms with Crippen LogP contribution in [-0.4, -0.2) is 29.7 Å². The molecule has 0 fully saturated rings. The lowest BCUT2D eigenvalue weighted by atomic mass is 10.3. The van der Waals surface area contributed by atoms with E-state index in [1.165, 1.54) is 17.2 Å². The number of carboxylic acids is 1. The van der Waals surface area contributed by atoms with Crippen molar-refractivity contribution in [3.05, 3.63) is 17.3 Å². The quantitative estimate of drug-likeness (QED) is 0.781. The highest BCUT2D eigenvalue weighted by Crippen LogP contribution is 2.21. The van der Waals surface area contributed by atoms with Crippen LogP contribution in [0.25, 0.3) is 0 Å². The predicted molar refractivity (Wildman–Crippen MR) is 54.6 cm³/mol. The topological polar surface area (TPSA) is 79.5 Å². The third-order valence-electron chi connectivity index (χ3n) is 1.60. The Kier molecular flexibility index (Phi) is 3.14. The maximum Gasteiger partial charge on any atom is 0.323 e. The van der Waals surface area contributed by atoms with E-state index in [4.69, 9.17) is 22.4 Å². The van der Waals surface area contributed by atoms with Gasteiger partial charge < -0.3 is 15.7 Å². The largest absolute Gasteiger partial charge is 0.480 e. The molecule has 0 atom stereocenters. The monoisotopic (exact) mass is 215 g/mol. The minimum Gasteiger partial charge on any atom is -0.480 e. The van der Waals surface area contributed by atoms with Gasteiger partial charge in [0.1, 0.15) is 6.54 Å². The number of hydrogen-bond donors (Lipinski definition) is 2. The average Bonchev–Trinajstić information content (AvgIpc) is 2.01. The molecule has 0 amide bonds. The number of rotatable bonds is 3. The summed E-state index contributed by atoms with van der Waals surface area (Å²) < 4.78 is 0. The second-order valence-corrected chi connectivity index (χ2v) is 3.25. The van der Waals surface area contributed by atoms with Crippen LogP contribution < -0.4 is 10.6 Å². The molecule has 1 aromatic heterocycles. The molecule has 3 N–H and O–H groups in total. The third-order valence-corrected chi connectivity index (χ3v) is 1.80. The molecule has 1 rings (SSSR count). The van der Waals surface area contributed by atoms with Crippen molar-refractivity contribution in [1.82, 2.24) is 4.98 Å². The van der Waals surface area contributed by atoms with Crippen LogP contribution in [-0.2, 0) is 4.79 Å². The fourth-order valence-corrected chi connectivity index (χ4v) is 1.21. The Morgan fingerprint density at radius 3 is 2.93 bits per heavy atom. The zero-order valence-electron chi connectivity index (χ0n) is 7.57. The standard InChI is InChI=1S/C8H10ClN3O2/c1-12(4-7(13)14)8-6(10)2-5(9)3-11-8/h2-3H,4,10H2,1H3,(H,13,14). The van der Waals surface area contributed by atoms with Crippen LogP contribution in [0.15, 0.2) is 12.3 Å². The molecule has 76 valence electrons. The van der Waals surface area contributed by atoms with Crippen molar-refractivity contribution in [3.8, 4) is 0 Å². The Labute approximate surface area is 86.1 Å². The predicted octanol–water partition coefficient (Wildman–Crippen LogP) is 0.838. The Hall–Kier alpha value is -1.49. The number of carbonyl (C=O) groups is 1. The number of nitrogens with two attached hydrogens (primary N) is 1. The van der Waals surface area contributed by atoms with Gasteiger partial charge in [0.05, 0.1) is 10.7 Å². The summed E-state index contributed by atoms with van der Waals surface area (Å²) in [5.41, 5.74) is 5.98. The smallest absolute Gasteiger partial charge is 0.323 e. The Morgan fingerprint density at radius 2 is 2.43 bits per heavy atom. The van der Waals surface area contributed by atoms with Gasteiger partial charge in [0.25, 0.3) is 0 Å². The van der Waals surface area contributed by atoms with E-state index in [1.807, 2.05) is 0 Å². The van der Waals surface area contributed by atoms with Crippen molar-refractivity contribution < 1.29 is 9.90 Å². The molecule has 0 saturated heterocycles. The van der Waals surface area contributed by atoms with Gasteiger partial charge in [0, 0.05) is 13.2 Å². The minimum absolute atomic E-state index is 0.154. The van der Waals surface area contributed by atoms with Crippen molar-refractivity contribution in [2.75, 3.05) is 24.2 Å². The molecule has 1 heterocycles. The van der Waals surface area contributed by atoms with Gasteiger partial charge in [-0.3, -0.25) is 4.79 Å². The second-order valence-electron chi connectivity index (χ2n) is 2.82. The molecule has 5 nitrogen and oxygen atoms in total. The summed E-state index contributed by atoms with van der Waals surface area (Å²) in [6, 6.07) is 1.53. The molecule has 0 aromatic carbocycles. The number of aromatic nitrogens is 1. The highest BCUT2D eigenvalue weighted by molar-refractivity contribution is 6.30. The van der Waals surface area contributed by atoms with E-state index in [1.54, 1.807) is 7.05 Å². The van der Waals surface area contributed by atoms with Gasteiger partial charge in [-0.2, -0.15) is 0 Å². The van der Waals surface area contributed by atoms with Crippen molar-refractivity contribution in [3.63, 3.8) is 0 Å². The van der Waals surface area contributed by atoms with Gasteiger partial charge in [-0.15, -0.1) is 0 Å². The van der Waals surface area contributed by atoms with Crippen LogP contribution in [0.4, 0.5) is 11.5 Å². The Balaban J connectivity index is 2.90. The maximum atomic E-state index is 10.4. The number of carboxylic acid groups (broad SMARTS) is 1. The number of halogens is 1. The molecular weight excluding hydrogens is 206 g/mol. The van der Waals surface area contributed by atoms with Gasteiger partial charge >= 0.3 is 5.97 Å². The van der Waals surface area contributed by atoms with E-state index >= 15 is 0 Å². The summed E-state index contributed by atoms with van der Waals surface area (Å²) in [5.74, 6) is -0.527. The first-order chi connectivity index (χ1) is 6.50.